The lowest BCUT2D eigenvalue weighted by Crippen LogP contribution is -2.51. The Balaban J connectivity index is 1.75. The molecule has 2 atom stereocenters. The Labute approximate surface area is 187 Å². The third-order valence-corrected chi connectivity index (χ3v) is 8.05. The molecule has 32 heavy (non-hydrogen) atoms. The van der Waals surface area contributed by atoms with Crippen LogP contribution in [-0.2, 0) is 24.3 Å². The van der Waals surface area contributed by atoms with Gasteiger partial charge in [-0.05, 0) is 43.2 Å². The molecule has 168 valence electrons. The molecule has 2 aliphatic rings. The Kier molecular flexibility index (Phi) is 5.92. The molecule has 0 unspecified atom stereocenters. The molecule has 7 nitrogen and oxygen atoms in total. The summed E-state index contributed by atoms with van der Waals surface area (Å²) in [6.45, 7) is 1.92. The monoisotopic (exact) mass is 455 g/mol. The second-order valence-electron chi connectivity index (χ2n) is 8.08. The van der Waals surface area contributed by atoms with Crippen molar-refractivity contribution in [3.05, 3.63) is 65.2 Å². The van der Waals surface area contributed by atoms with Gasteiger partial charge >= 0.3 is 5.97 Å². The van der Waals surface area contributed by atoms with Gasteiger partial charge in [0.2, 0.25) is 10.0 Å². The third-order valence-electron chi connectivity index (χ3n) is 6.17. The number of nitrogens with zero attached hydrogens (tertiary/aromatic N) is 1. The van der Waals surface area contributed by atoms with E-state index in [2.05, 4.69) is 0 Å². The molecule has 4 rings (SSSR count). The first kappa shape index (κ1) is 22.2. The zero-order chi connectivity index (χ0) is 23.0. The summed E-state index contributed by atoms with van der Waals surface area (Å²) in [4.78, 5) is 25.7. The van der Waals surface area contributed by atoms with Gasteiger partial charge in [0.05, 0.1) is 19.1 Å². The number of sulfonamides is 1. The van der Waals surface area contributed by atoms with E-state index in [9.17, 15) is 18.0 Å². The van der Waals surface area contributed by atoms with Gasteiger partial charge < -0.3 is 9.47 Å². The van der Waals surface area contributed by atoms with Crippen LogP contribution in [0.25, 0.3) is 5.57 Å². The van der Waals surface area contributed by atoms with E-state index in [0.717, 1.165) is 16.7 Å². The Morgan fingerprint density at radius 2 is 1.66 bits per heavy atom. The SMILES string of the molecule is COC(=O)[C@@H]1CC2=C(c3ccc(OC)cc3)C(=O)C[C@@H]2CN1S(=O)(=O)c1ccc(C)cc1. The maximum absolute atomic E-state index is 13.4. The third kappa shape index (κ3) is 3.84. The molecule has 8 heteroatoms. The summed E-state index contributed by atoms with van der Waals surface area (Å²) < 4.78 is 38.2. The van der Waals surface area contributed by atoms with Crippen LogP contribution in [0.4, 0.5) is 0 Å². The summed E-state index contributed by atoms with van der Waals surface area (Å²) in [5.41, 5.74) is 3.06. The van der Waals surface area contributed by atoms with Gasteiger partial charge in [-0.1, -0.05) is 35.4 Å². The standard InChI is InChI=1S/C24H25NO6S/c1-15-4-10-19(11-5-15)32(28,29)25-14-17-12-22(26)23(16-6-8-18(30-2)9-7-16)20(17)13-21(25)24(27)31-3/h4-11,17,21H,12-14H2,1-3H3/t17-,21+/m1/s1. The zero-order valence-electron chi connectivity index (χ0n) is 18.2. The number of methoxy groups -OCH3 is 2. The summed E-state index contributed by atoms with van der Waals surface area (Å²) in [5, 5.41) is 0. The fourth-order valence-corrected chi connectivity index (χ4v) is 6.11. The van der Waals surface area contributed by atoms with Crippen molar-refractivity contribution in [3.8, 4) is 5.75 Å². The molecule has 1 aliphatic carbocycles. The minimum Gasteiger partial charge on any atom is -0.497 e. The molecule has 1 fully saturated rings. The highest BCUT2D eigenvalue weighted by Gasteiger charge is 2.47. The van der Waals surface area contributed by atoms with Crippen molar-refractivity contribution in [1.29, 1.82) is 0 Å². The first-order valence-corrected chi connectivity index (χ1v) is 11.8. The minimum atomic E-state index is -3.95. The minimum absolute atomic E-state index is 0.0478. The molecule has 0 aromatic heterocycles. The van der Waals surface area contributed by atoms with Gasteiger partial charge in [-0.15, -0.1) is 0 Å². The molecule has 0 saturated carbocycles. The number of carbonyl (C=O) groups excluding carboxylic acids is 2. The van der Waals surface area contributed by atoms with E-state index < -0.39 is 22.0 Å². The van der Waals surface area contributed by atoms with Crippen LogP contribution in [0.3, 0.4) is 0 Å². The fourth-order valence-electron chi connectivity index (χ4n) is 4.48. The number of ketones is 1. The predicted molar refractivity (Wildman–Crippen MR) is 119 cm³/mol. The van der Waals surface area contributed by atoms with Crippen LogP contribution >= 0.6 is 0 Å². The number of Topliss-reactive ketones (excluding diaryl/α,β-unsaturated/α-hetero) is 1. The van der Waals surface area contributed by atoms with E-state index in [1.54, 1.807) is 31.4 Å². The average molecular weight is 456 g/mol. The zero-order valence-corrected chi connectivity index (χ0v) is 19.0. The van der Waals surface area contributed by atoms with Gasteiger partial charge in [-0.2, -0.15) is 4.31 Å². The molecule has 0 spiro atoms. The number of hydrogen-bond donors (Lipinski definition) is 0. The number of esters is 1. The number of hydrogen-bond acceptors (Lipinski definition) is 6. The van der Waals surface area contributed by atoms with Crippen LogP contribution in [0.1, 0.15) is 24.0 Å². The summed E-state index contributed by atoms with van der Waals surface area (Å²) in [6.07, 6.45) is 0.333. The van der Waals surface area contributed by atoms with Crippen LogP contribution < -0.4 is 4.74 Å². The molecule has 2 aromatic rings. The number of ether oxygens (including phenoxy) is 2. The van der Waals surface area contributed by atoms with Crippen molar-refractivity contribution in [2.24, 2.45) is 5.92 Å². The Bertz CT molecular complexity index is 1180. The number of allylic oxidation sites excluding steroid dienone is 1. The van der Waals surface area contributed by atoms with Gasteiger partial charge in [0.25, 0.3) is 0 Å². The highest BCUT2D eigenvalue weighted by molar-refractivity contribution is 7.89. The van der Waals surface area contributed by atoms with E-state index in [-0.39, 0.29) is 36.0 Å². The summed E-state index contributed by atoms with van der Waals surface area (Å²) in [7, 11) is -1.14. The van der Waals surface area contributed by atoms with Gasteiger partial charge in [0.15, 0.2) is 5.78 Å². The smallest absolute Gasteiger partial charge is 0.324 e. The van der Waals surface area contributed by atoms with Gasteiger partial charge in [-0.3, -0.25) is 9.59 Å². The maximum Gasteiger partial charge on any atom is 0.324 e. The average Bonchev–Trinajstić information content (AvgIpc) is 3.12. The molecule has 2 aromatic carbocycles. The normalized spacial score (nSPS) is 21.4. The molecule has 0 radical (unpaired) electrons. The number of fused-ring (bicyclic) bond motifs is 1. The first-order chi connectivity index (χ1) is 15.3. The lowest BCUT2D eigenvalue weighted by Gasteiger charge is -2.37. The van der Waals surface area contributed by atoms with E-state index in [4.69, 9.17) is 9.47 Å². The van der Waals surface area contributed by atoms with Gasteiger partial charge in [-0.25, -0.2) is 8.42 Å². The largest absolute Gasteiger partial charge is 0.497 e. The Morgan fingerprint density at radius 1 is 1.00 bits per heavy atom. The molecule has 0 N–H and O–H groups in total. The number of aryl methyl sites for hydroxylation is 1. The lowest BCUT2D eigenvalue weighted by atomic mass is 9.88. The van der Waals surface area contributed by atoms with Crippen molar-refractivity contribution in [2.75, 3.05) is 20.8 Å². The molecule has 0 amide bonds. The molecule has 1 saturated heterocycles. The van der Waals surface area contributed by atoms with Gasteiger partial charge in [0.1, 0.15) is 11.8 Å². The Morgan fingerprint density at radius 3 is 2.25 bits per heavy atom. The van der Waals surface area contributed by atoms with Crippen molar-refractivity contribution in [3.63, 3.8) is 0 Å². The van der Waals surface area contributed by atoms with E-state index in [1.807, 2.05) is 19.1 Å². The molecule has 1 aliphatic heterocycles. The number of benzene rings is 2. The van der Waals surface area contributed by atoms with Crippen LogP contribution in [-0.4, -0.2) is 51.3 Å². The Hall–Kier alpha value is -2.97. The van der Waals surface area contributed by atoms with Crippen molar-refractivity contribution < 1.29 is 27.5 Å². The quantitative estimate of drug-likeness (QED) is 0.644. The second-order valence-corrected chi connectivity index (χ2v) is 9.97. The highest BCUT2D eigenvalue weighted by Crippen LogP contribution is 2.44. The van der Waals surface area contributed by atoms with Crippen molar-refractivity contribution in [2.45, 2.75) is 30.7 Å². The van der Waals surface area contributed by atoms with Crippen LogP contribution in [0, 0.1) is 12.8 Å². The molecule has 1 heterocycles. The van der Waals surface area contributed by atoms with Crippen LogP contribution in [0.15, 0.2) is 59.0 Å². The first-order valence-electron chi connectivity index (χ1n) is 10.3. The predicted octanol–water partition coefficient (Wildman–Crippen LogP) is 2.98. The number of carbonyl (C=O) groups is 2. The molecular weight excluding hydrogens is 430 g/mol. The fraction of sp³-hybridized carbons (Fsp3) is 0.333. The topological polar surface area (TPSA) is 90.0 Å². The highest BCUT2D eigenvalue weighted by atomic mass is 32.2. The van der Waals surface area contributed by atoms with Crippen molar-refractivity contribution in [1.82, 2.24) is 4.31 Å². The lowest BCUT2D eigenvalue weighted by molar-refractivity contribution is -0.145. The second kappa shape index (κ2) is 8.52. The van der Waals surface area contributed by atoms with E-state index in [0.29, 0.717) is 11.3 Å². The van der Waals surface area contributed by atoms with E-state index >= 15 is 0 Å². The summed E-state index contributed by atoms with van der Waals surface area (Å²) in [6, 6.07) is 12.6. The van der Waals surface area contributed by atoms with Gasteiger partial charge in [0, 0.05) is 24.5 Å². The van der Waals surface area contributed by atoms with Crippen LogP contribution in [0.5, 0.6) is 5.75 Å². The molecule has 0 bridgehead atoms. The summed E-state index contributed by atoms with van der Waals surface area (Å²) >= 11 is 0. The number of piperidine rings is 1. The van der Waals surface area contributed by atoms with Crippen LogP contribution in [0.2, 0.25) is 0 Å². The maximum atomic E-state index is 13.4. The van der Waals surface area contributed by atoms with E-state index in [1.165, 1.54) is 23.5 Å². The number of rotatable bonds is 5. The van der Waals surface area contributed by atoms with Crippen molar-refractivity contribution >= 4 is 27.3 Å². The summed E-state index contributed by atoms with van der Waals surface area (Å²) in [5.74, 6) is -0.290. The molecular formula is C24H25NO6S.